The van der Waals surface area contributed by atoms with Crippen LogP contribution in [0.5, 0.6) is 0 Å². The average molecular weight is 675 g/mol. The molecule has 2 heterocycles. The summed E-state index contributed by atoms with van der Waals surface area (Å²) in [7, 11) is 0. The number of rotatable bonds is 10. The SMILES string of the molecule is CC(C)(C)OC(=O)NCC1CCC(C(=O)NC(Cc2cccc(-c3cnccc3Cl)c2)C(=O)Nc2ccc(-c3noc(=O)[nH]3)cc2)CC1. The number of aromatic nitrogens is 3. The van der Waals surface area contributed by atoms with E-state index in [2.05, 4.69) is 35.6 Å². The van der Waals surface area contributed by atoms with Gasteiger partial charge in [-0.3, -0.25) is 24.1 Å². The van der Waals surface area contributed by atoms with E-state index < -0.39 is 23.5 Å². The van der Waals surface area contributed by atoms with Gasteiger partial charge in [0.05, 0.1) is 5.02 Å². The summed E-state index contributed by atoms with van der Waals surface area (Å²) in [5.74, 6) is -0.992. The topological polar surface area (TPSA) is 168 Å². The zero-order chi connectivity index (χ0) is 34.3. The Morgan fingerprint density at radius 3 is 2.46 bits per heavy atom. The number of nitrogens with zero attached hydrogens (tertiary/aromatic N) is 2. The van der Waals surface area contributed by atoms with Crippen molar-refractivity contribution in [2.24, 2.45) is 11.8 Å². The van der Waals surface area contributed by atoms with E-state index in [1.807, 2.05) is 45.0 Å². The number of anilines is 1. The standard InChI is InChI=1S/C35H39ClN6O6/c1-35(2,3)47-33(45)38-19-21-7-9-24(10-8-21)31(43)40-29(18-22-5-4-6-25(17-22)27-20-37-16-15-28(27)36)32(44)39-26-13-11-23(12-14-26)30-41-34(46)48-42-30/h4-6,11-17,20-21,24,29H,7-10,18-19H2,1-3H3,(H,38,45)(H,39,44)(H,40,43)(H,41,42,46). The van der Waals surface area contributed by atoms with E-state index >= 15 is 0 Å². The molecule has 1 aliphatic carbocycles. The maximum Gasteiger partial charge on any atom is 0.439 e. The second kappa shape index (κ2) is 15.3. The second-order valence-electron chi connectivity index (χ2n) is 12.9. The molecule has 0 bridgehead atoms. The Kier molecular flexibility index (Phi) is 10.9. The molecule has 1 aliphatic rings. The molecule has 48 heavy (non-hydrogen) atoms. The first-order valence-electron chi connectivity index (χ1n) is 15.9. The number of hydrogen-bond acceptors (Lipinski definition) is 8. The fourth-order valence-corrected chi connectivity index (χ4v) is 5.87. The third kappa shape index (κ3) is 9.54. The van der Waals surface area contributed by atoms with Gasteiger partial charge in [-0.15, -0.1) is 0 Å². The molecule has 1 atom stereocenters. The van der Waals surface area contributed by atoms with E-state index in [1.165, 1.54) is 0 Å². The van der Waals surface area contributed by atoms with Crippen LogP contribution in [0.4, 0.5) is 10.5 Å². The highest BCUT2D eigenvalue weighted by Crippen LogP contribution is 2.30. The maximum absolute atomic E-state index is 13.7. The number of aromatic amines is 1. The summed E-state index contributed by atoms with van der Waals surface area (Å²) in [4.78, 5) is 57.4. The van der Waals surface area contributed by atoms with Crippen molar-refractivity contribution in [3.05, 3.63) is 88.1 Å². The van der Waals surface area contributed by atoms with E-state index in [1.54, 1.807) is 42.7 Å². The Morgan fingerprint density at radius 1 is 1.04 bits per heavy atom. The lowest BCUT2D eigenvalue weighted by Crippen LogP contribution is -2.48. The molecule has 2 aromatic heterocycles. The van der Waals surface area contributed by atoms with Crippen molar-refractivity contribution in [3.63, 3.8) is 0 Å². The van der Waals surface area contributed by atoms with Crippen LogP contribution in [0.2, 0.25) is 5.02 Å². The third-order valence-electron chi connectivity index (χ3n) is 8.10. The summed E-state index contributed by atoms with van der Waals surface area (Å²) in [6.45, 7) is 5.93. The highest BCUT2D eigenvalue weighted by atomic mass is 35.5. The Labute approximate surface area is 283 Å². The van der Waals surface area contributed by atoms with Crippen LogP contribution in [0.15, 0.2) is 76.3 Å². The molecule has 4 aromatic rings. The molecule has 12 nitrogen and oxygen atoms in total. The third-order valence-corrected chi connectivity index (χ3v) is 8.43. The molecule has 1 unspecified atom stereocenters. The molecule has 1 fully saturated rings. The first kappa shape index (κ1) is 34.4. The summed E-state index contributed by atoms with van der Waals surface area (Å²) in [5.41, 5.74) is 2.97. The van der Waals surface area contributed by atoms with Crippen molar-refractivity contribution >= 4 is 35.2 Å². The number of amides is 3. The van der Waals surface area contributed by atoms with Crippen molar-refractivity contribution in [1.82, 2.24) is 25.8 Å². The monoisotopic (exact) mass is 674 g/mol. The number of carbonyl (C=O) groups excluding carboxylic acids is 3. The van der Waals surface area contributed by atoms with Gasteiger partial charge in [0.15, 0.2) is 5.82 Å². The van der Waals surface area contributed by atoms with Crippen LogP contribution in [-0.4, -0.2) is 51.2 Å². The quantitative estimate of drug-likeness (QED) is 0.165. The van der Waals surface area contributed by atoms with Gasteiger partial charge in [0.25, 0.3) is 0 Å². The summed E-state index contributed by atoms with van der Waals surface area (Å²) in [6, 6.07) is 15.2. The molecular formula is C35H39ClN6O6. The Morgan fingerprint density at radius 2 is 1.79 bits per heavy atom. The molecule has 13 heteroatoms. The van der Waals surface area contributed by atoms with E-state index in [9.17, 15) is 19.2 Å². The van der Waals surface area contributed by atoms with Crippen LogP contribution < -0.4 is 21.7 Å². The number of alkyl carbamates (subject to hydrolysis) is 1. The lowest BCUT2D eigenvalue weighted by atomic mass is 9.81. The zero-order valence-electron chi connectivity index (χ0n) is 27.0. The van der Waals surface area contributed by atoms with Gasteiger partial charge in [0.1, 0.15) is 11.6 Å². The van der Waals surface area contributed by atoms with E-state index in [-0.39, 0.29) is 35.9 Å². The van der Waals surface area contributed by atoms with Gasteiger partial charge >= 0.3 is 11.8 Å². The van der Waals surface area contributed by atoms with Crippen LogP contribution in [0.25, 0.3) is 22.5 Å². The molecule has 0 aliphatic heterocycles. The predicted octanol–water partition coefficient (Wildman–Crippen LogP) is 5.74. The molecule has 3 amide bonds. The van der Waals surface area contributed by atoms with Crippen LogP contribution in [0, 0.1) is 11.8 Å². The summed E-state index contributed by atoms with van der Waals surface area (Å²) < 4.78 is 9.90. The Balaban J connectivity index is 1.26. The summed E-state index contributed by atoms with van der Waals surface area (Å²) >= 11 is 6.42. The lowest BCUT2D eigenvalue weighted by molar-refractivity contribution is -0.130. The average Bonchev–Trinajstić information content (AvgIpc) is 3.49. The van der Waals surface area contributed by atoms with E-state index in [0.717, 1.165) is 29.5 Å². The molecule has 2 aromatic carbocycles. The van der Waals surface area contributed by atoms with Crippen molar-refractivity contribution < 1.29 is 23.6 Å². The minimum atomic E-state index is -0.879. The molecule has 4 N–H and O–H groups in total. The fourth-order valence-electron chi connectivity index (χ4n) is 5.66. The second-order valence-corrected chi connectivity index (χ2v) is 13.3. The number of hydrogen-bond donors (Lipinski definition) is 4. The van der Waals surface area contributed by atoms with Gasteiger partial charge in [-0.05, 0) is 93.8 Å². The normalized spacial score (nSPS) is 16.8. The van der Waals surface area contributed by atoms with Crippen LogP contribution in [0.1, 0.15) is 52.0 Å². The lowest BCUT2D eigenvalue weighted by Gasteiger charge is -2.29. The smallest absolute Gasteiger partial charge is 0.439 e. The van der Waals surface area contributed by atoms with Gasteiger partial charge in [-0.2, -0.15) is 0 Å². The first-order chi connectivity index (χ1) is 22.9. The molecule has 0 spiro atoms. The Bertz CT molecular complexity index is 1790. The highest BCUT2D eigenvalue weighted by Gasteiger charge is 2.30. The van der Waals surface area contributed by atoms with Crippen LogP contribution in [-0.2, 0) is 20.7 Å². The zero-order valence-corrected chi connectivity index (χ0v) is 27.8. The number of ether oxygens (including phenoxy) is 1. The molecule has 252 valence electrons. The van der Waals surface area contributed by atoms with Crippen molar-refractivity contribution in [1.29, 1.82) is 0 Å². The minimum absolute atomic E-state index is 0.189. The number of pyridine rings is 1. The van der Waals surface area contributed by atoms with Crippen molar-refractivity contribution in [3.8, 4) is 22.5 Å². The molecular weight excluding hydrogens is 636 g/mol. The molecule has 0 saturated heterocycles. The van der Waals surface area contributed by atoms with Crippen molar-refractivity contribution in [2.45, 2.75) is 64.5 Å². The van der Waals surface area contributed by atoms with E-state index in [0.29, 0.717) is 35.7 Å². The fraction of sp³-hybridized carbons (Fsp3) is 0.371. The predicted molar refractivity (Wildman–Crippen MR) is 181 cm³/mol. The van der Waals surface area contributed by atoms with E-state index in [4.69, 9.17) is 16.3 Å². The largest absolute Gasteiger partial charge is 0.444 e. The van der Waals surface area contributed by atoms with Gasteiger partial charge in [0, 0.05) is 48.1 Å². The summed E-state index contributed by atoms with van der Waals surface area (Å²) in [6.07, 6.45) is 5.90. The number of nitrogens with one attached hydrogen (secondary N) is 4. The van der Waals surface area contributed by atoms with Gasteiger partial charge in [0.2, 0.25) is 11.8 Å². The highest BCUT2D eigenvalue weighted by molar-refractivity contribution is 6.33. The summed E-state index contributed by atoms with van der Waals surface area (Å²) in [5, 5.41) is 13.0. The van der Waals surface area contributed by atoms with Gasteiger partial charge in [-0.25, -0.2) is 9.59 Å². The maximum atomic E-state index is 13.7. The Hall–Kier alpha value is -4.97. The number of halogens is 1. The van der Waals surface area contributed by atoms with Crippen molar-refractivity contribution in [2.75, 3.05) is 11.9 Å². The van der Waals surface area contributed by atoms with Crippen LogP contribution >= 0.6 is 11.6 Å². The van der Waals surface area contributed by atoms with Gasteiger partial charge < -0.3 is 20.7 Å². The van der Waals surface area contributed by atoms with Crippen LogP contribution in [0.3, 0.4) is 0 Å². The first-order valence-corrected chi connectivity index (χ1v) is 16.2. The molecule has 5 rings (SSSR count). The number of carbonyl (C=O) groups is 3. The number of benzene rings is 2. The molecule has 1 saturated carbocycles. The number of H-pyrrole nitrogens is 1. The van der Waals surface area contributed by atoms with Gasteiger partial charge in [-0.1, -0.05) is 41.0 Å². The minimum Gasteiger partial charge on any atom is -0.444 e. The molecule has 0 radical (unpaired) electrons.